The molecular formula is C19H20N2O4S. The summed E-state index contributed by atoms with van der Waals surface area (Å²) in [7, 11) is 0. The number of rotatable bonds is 4. The van der Waals surface area contributed by atoms with Crippen LogP contribution in [0.15, 0.2) is 24.3 Å². The van der Waals surface area contributed by atoms with Gasteiger partial charge in [-0.2, -0.15) is 0 Å². The first-order chi connectivity index (χ1) is 12.6. The molecule has 2 heterocycles. The van der Waals surface area contributed by atoms with E-state index in [9.17, 15) is 14.4 Å². The van der Waals surface area contributed by atoms with Crippen molar-refractivity contribution >= 4 is 39.3 Å². The van der Waals surface area contributed by atoms with Crippen LogP contribution in [0.3, 0.4) is 0 Å². The van der Waals surface area contributed by atoms with E-state index in [-0.39, 0.29) is 30.3 Å². The minimum atomic E-state index is -0.894. The maximum atomic E-state index is 12.6. The van der Waals surface area contributed by atoms with Crippen LogP contribution >= 0.6 is 11.3 Å². The zero-order chi connectivity index (χ0) is 18.3. The number of esters is 1. The molecule has 1 saturated heterocycles. The number of hydrogen-bond donors (Lipinski definition) is 0. The highest BCUT2D eigenvalue weighted by molar-refractivity contribution is 7.18. The molecular weight excluding hydrogens is 352 g/mol. The number of carbonyl (C=O) groups excluding carboxylic acids is 3. The fraction of sp³-hybridized carbons (Fsp3) is 0.474. The summed E-state index contributed by atoms with van der Waals surface area (Å²) in [6, 6.07) is 6.81. The Bertz CT molecular complexity index is 820. The second-order valence-corrected chi connectivity index (χ2v) is 8.02. The van der Waals surface area contributed by atoms with Gasteiger partial charge in [0.25, 0.3) is 0 Å². The Kier molecular flexibility index (Phi) is 4.48. The van der Waals surface area contributed by atoms with E-state index in [4.69, 9.17) is 4.74 Å². The van der Waals surface area contributed by atoms with Crippen LogP contribution in [-0.4, -0.2) is 33.7 Å². The molecule has 1 aromatic heterocycles. The summed E-state index contributed by atoms with van der Waals surface area (Å²) < 4.78 is 6.37. The molecule has 2 aromatic rings. The number of benzene rings is 1. The molecule has 3 atom stereocenters. The molecule has 2 amide bonds. The van der Waals surface area contributed by atoms with Gasteiger partial charge in [-0.15, -0.1) is 11.3 Å². The fourth-order valence-corrected chi connectivity index (χ4v) is 4.79. The smallest absolute Gasteiger partial charge is 0.329 e. The molecule has 2 aliphatic rings. The summed E-state index contributed by atoms with van der Waals surface area (Å²) in [6.45, 7) is 1.61. The van der Waals surface area contributed by atoms with E-state index in [1.807, 2.05) is 24.3 Å². The van der Waals surface area contributed by atoms with Crippen molar-refractivity contribution in [1.82, 2.24) is 9.88 Å². The maximum absolute atomic E-state index is 12.6. The Hall–Kier alpha value is -2.28. The molecule has 0 N–H and O–H groups in total. The first kappa shape index (κ1) is 17.1. The first-order valence-corrected chi connectivity index (χ1v) is 9.76. The quantitative estimate of drug-likeness (QED) is 0.609. The van der Waals surface area contributed by atoms with Crippen molar-refractivity contribution in [3.05, 3.63) is 29.3 Å². The number of ether oxygens (including phenoxy) is 1. The van der Waals surface area contributed by atoms with E-state index in [0.717, 1.165) is 40.8 Å². The van der Waals surface area contributed by atoms with Gasteiger partial charge in [-0.3, -0.25) is 14.5 Å². The normalized spacial score (nSPS) is 24.0. The van der Waals surface area contributed by atoms with Gasteiger partial charge in [0.2, 0.25) is 11.8 Å². The van der Waals surface area contributed by atoms with Crippen molar-refractivity contribution in [2.45, 2.75) is 45.3 Å². The van der Waals surface area contributed by atoms with Crippen LogP contribution in [0.4, 0.5) is 0 Å². The molecule has 0 radical (unpaired) electrons. The van der Waals surface area contributed by atoms with Gasteiger partial charge >= 0.3 is 5.97 Å². The molecule has 7 heteroatoms. The molecule has 1 aliphatic carbocycles. The second-order valence-electron chi connectivity index (χ2n) is 6.90. The van der Waals surface area contributed by atoms with E-state index in [2.05, 4.69) is 4.98 Å². The lowest BCUT2D eigenvalue weighted by atomic mass is 9.81. The number of nitrogens with zero attached hydrogens (tertiary/aromatic N) is 2. The van der Waals surface area contributed by atoms with Crippen molar-refractivity contribution in [2.24, 2.45) is 11.8 Å². The molecule has 0 spiro atoms. The van der Waals surface area contributed by atoms with Crippen LogP contribution in [-0.2, 0) is 25.7 Å². The Labute approximate surface area is 155 Å². The molecule has 1 aromatic carbocycles. The molecule has 0 unspecified atom stereocenters. The SMILES string of the molecule is C[C@@H](C(=O)OCc1nc2ccccc2s1)N1C(=O)[C@H]2CCCC[C@@H]2C1=O. The molecule has 4 rings (SSSR count). The van der Waals surface area contributed by atoms with Crippen LogP contribution in [0.5, 0.6) is 0 Å². The number of hydrogen-bond acceptors (Lipinski definition) is 6. The van der Waals surface area contributed by atoms with E-state index >= 15 is 0 Å². The number of aromatic nitrogens is 1. The van der Waals surface area contributed by atoms with Crippen LogP contribution in [0.2, 0.25) is 0 Å². The lowest BCUT2D eigenvalue weighted by molar-refractivity contribution is -0.159. The first-order valence-electron chi connectivity index (χ1n) is 8.94. The van der Waals surface area contributed by atoms with Crippen LogP contribution in [0.1, 0.15) is 37.6 Å². The Morgan fingerprint density at radius 3 is 2.54 bits per heavy atom. The lowest BCUT2D eigenvalue weighted by Crippen LogP contribution is -2.44. The minimum Gasteiger partial charge on any atom is -0.457 e. The van der Waals surface area contributed by atoms with Crippen LogP contribution in [0.25, 0.3) is 10.2 Å². The number of para-hydroxylation sites is 1. The third kappa shape index (κ3) is 2.90. The highest BCUT2D eigenvalue weighted by Crippen LogP contribution is 2.39. The molecule has 26 heavy (non-hydrogen) atoms. The summed E-state index contributed by atoms with van der Waals surface area (Å²) in [5, 5.41) is 0.694. The van der Waals surface area contributed by atoms with Gasteiger partial charge in [-0.1, -0.05) is 25.0 Å². The van der Waals surface area contributed by atoms with Crippen LogP contribution < -0.4 is 0 Å². The number of amides is 2. The third-order valence-corrected chi connectivity index (χ3v) is 6.29. The highest BCUT2D eigenvalue weighted by Gasteiger charge is 2.51. The molecule has 1 aliphatic heterocycles. The molecule has 6 nitrogen and oxygen atoms in total. The van der Waals surface area contributed by atoms with Gasteiger partial charge < -0.3 is 4.74 Å². The lowest BCUT2D eigenvalue weighted by Gasteiger charge is -2.21. The highest BCUT2D eigenvalue weighted by atomic mass is 32.1. The number of carbonyl (C=O) groups is 3. The fourth-order valence-electron chi connectivity index (χ4n) is 3.91. The maximum Gasteiger partial charge on any atom is 0.329 e. The number of thiazole rings is 1. The predicted molar refractivity (Wildman–Crippen MR) is 96.2 cm³/mol. The van der Waals surface area contributed by atoms with Gasteiger partial charge in [0, 0.05) is 0 Å². The standard InChI is InChI=1S/C19H20N2O4S/c1-11(21-17(22)12-6-2-3-7-13(12)18(21)23)19(24)25-10-16-20-14-8-4-5-9-15(14)26-16/h4-5,8-9,11-13H,2-3,6-7,10H2,1H3/t11-,12-,13-/m0/s1. The van der Waals surface area contributed by atoms with Gasteiger partial charge in [-0.25, -0.2) is 9.78 Å². The van der Waals surface area contributed by atoms with E-state index in [1.54, 1.807) is 6.92 Å². The van der Waals surface area contributed by atoms with Crippen molar-refractivity contribution < 1.29 is 19.1 Å². The number of fused-ring (bicyclic) bond motifs is 2. The molecule has 136 valence electrons. The topological polar surface area (TPSA) is 76.6 Å². The van der Waals surface area contributed by atoms with Crippen molar-refractivity contribution in [3.8, 4) is 0 Å². The van der Waals surface area contributed by atoms with Gasteiger partial charge in [0.05, 0.1) is 22.1 Å². The van der Waals surface area contributed by atoms with Crippen molar-refractivity contribution in [1.29, 1.82) is 0 Å². The Morgan fingerprint density at radius 2 is 1.88 bits per heavy atom. The van der Waals surface area contributed by atoms with E-state index < -0.39 is 12.0 Å². The summed E-state index contributed by atoms with van der Waals surface area (Å²) in [5.74, 6) is -1.51. The van der Waals surface area contributed by atoms with Gasteiger partial charge in [-0.05, 0) is 31.9 Å². The largest absolute Gasteiger partial charge is 0.457 e. The summed E-state index contributed by atoms with van der Waals surface area (Å²) in [4.78, 5) is 43.1. The molecule has 1 saturated carbocycles. The minimum absolute atomic E-state index is 0.0472. The zero-order valence-corrected chi connectivity index (χ0v) is 15.3. The van der Waals surface area contributed by atoms with Crippen LogP contribution in [0, 0.1) is 11.8 Å². The van der Waals surface area contributed by atoms with E-state index in [1.165, 1.54) is 11.3 Å². The van der Waals surface area contributed by atoms with Gasteiger partial charge in [0.15, 0.2) is 0 Å². The monoisotopic (exact) mass is 372 g/mol. The average molecular weight is 372 g/mol. The second kappa shape index (κ2) is 6.79. The molecule has 2 fully saturated rings. The van der Waals surface area contributed by atoms with Gasteiger partial charge in [0.1, 0.15) is 17.7 Å². The molecule has 0 bridgehead atoms. The zero-order valence-electron chi connectivity index (χ0n) is 14.5. The van der Waals surface area contributed by atoms with E-state index in [0.29, 0.717) is 5.01 Å². The average Bonchev–Trinajstić information content (AvgIpc) is 3.18. The number of imide groups is 1. The Morgan fingerprint density at radius 1 is 1.23 bits per heavy atom. The summed E-state index contributed by atoms with van der Waals surface area (Å²) in [5.41, 5.74) is 0.866. The Balaban J connectivity index is 1.42. The number of likely N-dealkylation sites (tertiary alicyclic amines) is 1. The van der Waals surface area contributed by atoms with Crippen molar-refractivity contribution in [2.75, 3.05) is 0 Å². The third-order valence-electron chi connectivity index (χ3n) is 5.28. The van der Waals surface area contributed by atoms with Crippen molar-refractivity contribution in [3.63, 3.8) is 0 Å². The summed E-state index contributed by atoms with van der Waals surface area (Å²) >= 11 is 1.46. The summed E-state index contributed by atoms with van der Waals surface area (Å²) in [6.07, 6.45) is 3.40. The predicted octanol–water partition coefficient (Wildman–Crippen LogP) is 2.90.